The molecular weight excluding hydrogens is 415 g/mol. The Labute approximate surface area is 179 Å². The lowest BCUT2D eigenvalue weighted by Crippen LogP contribution is -2.42. The molecule has 1 aliphatic heterocycles. The molecule has 4 nitrogen and oxygen atoms in total. The Morgan fingerprint density at radius 1 is 1.23 bits per heavy atom. The molecule has 2 aromatic rings. The predicted octanol–water partition coefficient (Wildman–Crippen LogP) is 5.11. The van der Waals surface area contributed by atoms with E-state index < -0.39 is 23.7 Å². The first-order valence-corrected chi connectivity index (χ1v) is 10.4. The van der Waals surface area contributed by atoms with E-state index in [1.807, 2.05) is 30.3 Å². The van der Waals surface area contributed by atoms with Crippen LogP contribution in [0.5, 0.6) is 0 Å². The Morgan fingerprint density at radius 2 is 1.97 bits per heavy atom. The Hall–Kier alpha value is -2.09. The van der Waals surface area contributed by atoms with Crippen LogP contribution in [0.4, 0.5) is 18.9 Å². The van der Waals surface area contributed by atoms with Crippen molar-refractivity contribution in [2.75, 3.05) is 25.0 Å². The summed E-state index contributed by atoms with van der Waals surface area (Å²) >= 11 is 6.05. The summed E-state index contributed by atoms with van der Waals surface area (Å²) in [5.41, 5.74) is -0.189. The summed E-state index contributed by atoms with van der Waals surface area (Å²) in [6.45, 7) is 4.69. The number of carbonyl (C=O) groups excluding carboxylic acids is 1. The third-order valence-corrected chi connectivity index (χ3v) is 5.74. The quantitative estimate of drug-likeness (QED) is 0.630. The van der Waals surface area contributed by atoms with Gasteiger partial charge in [-0.2, -0.15) is 13.2 Å². The molecule has 0 spiro atoms. The fourth-order valence-electron chi connectivity index (χ4n) is 3.81. The lowest BCUT2D eigenvalue weighted by atomic mass is 10.0. The molecule has 1 amide bonds. The third kappa shape index (κ3) is 5.53. The molecule has 0 aromatic heterocycles. The van der Waals surface area contributed by atoms with Crippen LogP contribution in [0, 0.1) is 0 Å². The first-order valence-electron chi connectivity index (χ1n) is 9.99. The van der Waals surface area contributed by atoms with Crippen molar-refractivity contribution in [3.63, 3.8) is 0 Å². The number of likely N-dealkylation sites (tertiary alicyclic amines) is 1. The highest BCUT2D eigenvalue weighted by atomic mass is 35.5. The van der Waals surface area contributed by atoms with Gasteiger partial charge in [-0.15, -0.1) is 0 Å². The minimum Gasteiger partial charge on any atom is -0.323 e. The molecule has 3 rings (SSSR count). The maximum Gasteiger partial charge on any atom is 0.416 e. The molecule has 1 heterocycles. The molecule has 0 saturated carbocycles. The number of rotatable bonds is 7. The van der Waals surface area contributed by atoms with E-state index in [0.29, 0.717) is 12.6 Å². The minimum atomic E-state index is -4.52. The van der Waals surface area contributed by atoms with E-state index >= 15 is 0 Å². The van der Waals surface area contributed by atoms with E-state index in [0.717, 1.165) is 49.7 Å². The summed E-state index contributed by atoms with van der Waals surface area (Å²) in [6.07, 6.45) is -2.36. The summed E-state index contributed by atoms with van der Waals surface area (Å²) in [6, 6.07) is 11.6. The van der Waals surface area contributed by atoms with E-state index in [4.69, 9.17) is 11.6 Å². The van der Waals surface area contributed by atoms with E-state index in [1.165, 1.54) is 0 Å². The second-order valence-electron chi connectivity index (χ2n) is 7.36. The molecule has 2 aromatic carbocycles. The van der Waals surface area contributed by atoms with Crippen molar-refractivity contribution in [1.29, 1.82) is 0 Å². The molecule has 8 heteroatoms. The molecule has 0 radical (unpaired) electrons. The lowest BCUT2D eigenvalue weighted by molar-refractivity contribution is -0.137. The molecule has 0 bridgehead atoms. The van der Waals surface area contributed by atoms with Gasteiger partial charge in [0.1, 0.15) is 6.04 Å². The molecule has 2 atom stereocenters. The number of hydrogen-bond donors (Lipinski definition) is 2. The van der Waals surface area contributed by atoms with Gasteiger partial charge in [-0.1, -0.05) is 48.9 Å². The first kappa shape index (κ1) is 22.6. The van der Waals surface area contributed by atoms with E-state index in [-0.39, 0.29) is 10.7 Å². The van der Waals surface area contributed by atoms with Crippen molar-refractivity contribution in [3.05, 3.63) is 64.7 Å². The van der Waals surface area contributed by atoms with E-state index in [2.05, 4.69) is 22.5 Å². The van der Waals surface area contributed by atoms with Crippen molar-refractivity contribution in [1.82, 2.24) is 10.2 Å². The first-order chi connectivity index (χ1) is 14.3. The summed E-state index contributed by atoms with van der Waals surface area (Å²) in [4.78, 5) is 15.4. The van der Waals surface area contributed by atoms with Gasteiger partial charge >= 0.3 is 6.18 Å². The van der Waals surface area contributed by atoms with Crippen molar-refractivity contribution >= 4 is 23.2 Å². The standard InChI is InChI=1S/C22H25ClF3N3O/c1-2-29-12-6-9-17(29)14-27-20(15-7-4-3-5-8-15)21(30)28-19-13-16(22(24,25)26)10-11-18(19)23/h3-5,7-8,10-11,13,17,20,27H,2,6,9,12,14H2,1H3,(H,28,30). The molecule has 0 aliphatic carbocycles. The SMILES string of the molecule is CCN1CCCC1CNC(C(=O)Nc1cc(C(F)(F)F)ccc1Cl)c1ccccc1. The number of likely N-dealkylation sites (N-methyl/N-ethyl adjacent to an activating group) is 1. The molecular formula is C22H25ClF3N3O. The second-order valence-corrected chi connectivity index (χ2v) is 7.77. The third-order valence-electron chi connectivity index (χ3n) is 5.41. The van der Waals surface area contributed by atoms with Gasteiger partial charge in [0.05, 0.1) is 16.3 Å². The fourth-order valence-corrected chi connectivity index (χ4v) is 3.97. The van der Waals surface area contributed by atoms with E-state index in [1.54, 1.807) is 0 Å². The Morgan fingerprint density at radius 3 is 2.63 bits per heavy atom. The Kier molecular flexibility index (Phi) is 7.39. The maximum absolute atomic E-state index is 13.1. The molecule has 162 valence electrons. The van der Waals surface area contributed by atoms with Gasteiger partial charge < -0.3 is 10.6 Å². The molecule has 2 N–H and O–H groups in total. The molecule has 1 saturated heterocycles. The van der Waals surface area contributed by atoms with E-state index in [9.17, 15) is 18.0 Å². The van der Waals surface area contributed by atoms with Crippen molar-refractivity contribution < 1.29 is 18.0 Å². The summed E-state index contributed by atoms with van der Waals surface area (Å²) in [7, 11) is 0. The monoisotopic (exact) mass is 439 g/mol. The predicted molar refractivity (Wildman–Crippen MR) is 113 cm³/mol. The lowest BCUT2D eigenvalue weighted by Gasteiger charge is -2.26. The van der Waals surface area contributed by atoms with Crippen molar-refractivity contribution in [2.24, 2.45) is 0 Å². The highest BCUT2D eigenvalue weighted by Gasteiger charge is 2.32. The summed E-state index contributed by atoms with van der Waals surface area (Å²) in [5.74, 6) is -0.455. The van der Waals surface area contributed by atoms with Crippen molar-refractivity contribution in [3.8, 4) is 0 Å². The average Bonchev–Trinajstić information content (AvgIpc) is 3.17. The van der Waals surface area contributed by atoms with Gasteiger partial charge in [0.15, 0.2) is 0 Å². The van der Waals surface area contributed by atoms with Crippen LogP contribution >= 0.6 is 11.6 Å². The zero-order chi connectivity index (χ0) is 21.7. The number of anilines is 1. The van der Waals surface area contributed by atoms with Crippen LogP contribution in [-0.2, 0) is 11.0 Å². The number of carbonyl (C=O) groups is 1. The topological polar surface area (TPSA) is 44.4 Å². The number of benzene rings is 2. The zero-order valence-corrected chi connectivity index (χ0v) is 17.4. The van der Waals surface area contributed by atoms with Gasteiger partial charge in [0.2, 0.25) is 5.91 Å². The van der Waals surface area contributed by atoms with Crippen LogP contribution in [0.15, 0.2) is 48.5 Å². The normalized spacial score (nSPS) is 18.4. The average molecular weight is 440 g/mol. The van der Waals surface area contributed by atoms with Crippen LogP contribution in [0.2, 0.25) is 5.02 Å². The summed E-state index contributed by atoms with van der Waals surface area (Å²) < 4.78 is 39.2. The maximum atomic E-state index is 13.1. The van der Waals surface area contributed by atoms with Gasteiger partial charge in [-0.05, 0) is 49.7 Å². The molecule has 1 fully saturated rings. The van der Waals surface area contributed by atoms with Gasteiger partial charge in [0, 0.05) is 12.6 Å². The van der Waals surface area contributed by atoms with Crippen molar-refractivity contribution in [2.45, 2.75) is 38.0 Å². The fraction of sp³-hybridized carbons (Fsp3) is 0.409. The number of nitrogens with one attached hydrogen (secondary N) is 2. The smallest absolute Gasteiger partial charge is 0.323 e. The highest BCUT2D eigenvalue weighted by Crippen LogP contribution is 2.34. The molecule has 2 unspecified atom stereocenters. The number of halogens is 4. The van der Waals surface area contributed by atoms with Crippen LogP contribution in [0.3, 0.4) is 0 Å². The number of nitrogens with zero attached hydrogens (tertiary/aromatic N) is 1. The number of hydrogen-bond acceptors (Lipinski definition) is 3. The largest absolute Gasteiger partial charge is 0.416 e. The molecule has 30 heavy (non-hydrogen) atoms. The van der Waals surface area contributed by atoms with Gasteiger partial charge in [-0.3, -0.25) is 9.69 Å². The van der Waals surface area contributed by atoms with Crippen LogP contribution in [0.25, 0.3) is 0 Å². The van der Waals surface area contributed by atoms with Crippen LogP contribution in [0.1, 0.15) is 36.9 Å². The number of amides is 1. The van der Waals surface area contributed by atoms with Gasteiger partial charge in [0.25, 0.3) is 0 Å². The minimum absolute atomic E-state index is 0.0520. The Bertz CT molecular complexity index is 860. The van der Waals surface area contributed by atoms with Crippen LogP contribution in [-0.4, -0.2) is 36.5 Å². The van der Waals surface area contributed by atoms with Gasteiger partial charge in [-0.25, -0.2) is 0 Å². The zero-order valence-electron chi connectivity index (χ0n) is 16.7. The Balaban J connectivity index is 1.79. The summed E-state index contributed by atoms with van der Waals surface area (Å²) in [5, 5.41) is 5.93. The second kappa shape index (κ2) is 9.81. The molecule has 1 aliphatic rings. The highest BCUT2D eigenvalue weighted by molar-refractivity contribution is 6.33. The van der Waals surface area contributed by atoms with Crippen LogP contribution < -0.4 is 10.6 Å². The number of alkyl halides is 3.